The van der Waals surface area contributed by atoms with Gasteiger partial charge in [-0.3, -0.25) is 14.3 Å². The van der Waals surface area contributed by atoms with E-state index in [0.29, 0.717) is 30.1 Å². The number of H-pyrrole nitrogens is 1. The third kappa shape index (κ3) is 1.95. The van der Waals surface area contributed by atoms with Crippen LogP contribution in [0.1, 0.15) is 5.82 Å². The highest BCUT2D eigenvalue weighted by Gasteiger charge is 2.15. The van der Waals surface area contributed by atoms with Crippen LogP contribution in [-0.2, 0) is 24.2 Å². The maximum Gasteiger partial charge on any atom is 0.330 e. The second kappa shape index (κ2) is 4.95. The summed E-state index contributed by atoms with van der Waals surface area (Å²) in [4.78, 5) is 30.0. The van der Waals surface area contributed by atoms with E-state index in [1.807, 2.05) is 0 Å². The van der Waals surface area contributed by atoms with Gasteiger partial charge in [-0.2, -0.15) is 0 Å². The number of halogens is 1. The van der Waals surface area contributed by atoms with Gasteiger partial charge < -0.3 is 9.30 Å². The number of nitrogens with zero attached hydrogens (tertiary/aromatic N) is 3. The fourth-order valence-corrected chi connectivity index (χ4v) is 2.04. The molecule has 1 N–H and O–H groups in total. The molecule has 0 aliphatic rings. The third-order valence-corrected chi connectivity index (χ3v) is 2.98. The highest BCUT2D eigenvalue weighted by atomic mass is 35.5. The molecule has 0 fully saturated rings. The van der Waals surface area contributed by atoms with Crippen molar-refractivity contribution >= 4 is 22.8 Å². The van der Waals surface area contributed by atoms with Crippen molar-refractivity contribution < 1.29 is 4.74 Å². The predicted molar refractivity (Wildman–Crippen MR) is 67.0 cm³/mol. The van der Waals surface area contributed by atoms with Crippen molar-refractivity contribution in [3.05, 3.63) is 26.7 Å². The van der Waals surface area contributed by atoms with E-state index in [-0.39, 0.29) is 5.88 Å². The highest BCUT2D eigenvalue weighted by Crippen LogP contribution is 2.10. The summed E-state index contributed by atoms with van der Waals surface area (Å²) in [6, 6.07) is 0. The van der Waals surface area contributed by atoms with Crippen LogP contribution in [0.2, 0.25) is 0 Å². The molecule has 98 valence electrons. The van der Waals surface area contributed by atoms with Crippen LogP contribution in [0.25, 0.3) is 11.2 Å². The van der Waals surface area contributed by atoms with Gasteiger partial charge in [-0.05, 0) is 0 Å². The monoisotopic (exact) mass is 272 g/mol. The van der Waals surface area contributed by atoms with Gasteiger partial charge in [0.05, 0.1) is 19.0 Å². The molecule has 0 atom stereocenters. The summed E-state index contributed by atoms with van der Waals surface area (Å²) < 4.78 is 7.89. The number of rotatable bonds is 4. The molecule has 2 heterocycles. The highest BCUT2D eigenvalue weighted by molar-refractivity contribution is 6.16. The molecule has 7 nitrogen and oxygen atoms in total. The number of aromatic nitrogens is 4. The van der Waals surface area contributed by atoms with Crippen LogP contribution >= 0.6 is 11.6 Å². The van der Waals surface area contributed by atoms with Gasteiger partial charge in [0.1, 0.15) is 5.82 Å². The number of fused-ring (bicyclic) bond motifs is 1. The molecule has 0 aliphatic heterocycles. The zero-order chi connectivity index (χ0) is 13.3. The van der Waals surface area contributed by atoms with Crippen molar-refractivity contribution in [2.75, 3.05) is 13.7 Å². The van der Waals surface area contributed by atoms with Crippen LogP contribution in [0.15, 0.2) is 9.59 Å². The second-order valence-electron chi connectivity index (χ2n) is 3.80. The molecule has 2 aromatic rings. The zero-order valence-corrected chi connectivity index (χ0v) is 10.8. The van der Waals surface area contributed by atoms with Crippen LogP contribution < -0.4 is 11.2 Å². The van der Waals surface area contributed by atoms with Crippen molar-refractivity contribution in [2.45, 2.75) is 12.4 Å². The first kappa shape index (κ1) is 12.8. The molecular formula is C10H13ClN4O3. The maximum absolute atomic E-state index is 11.8. The molecule has 0 bridgehead atoms. The van der Waals surface area contributed by atoms with Gasteiger partial charge in [0, 0.05) is 14.2 Å². The van der Waals surface area contributed by atoms with E-state index in [0.717, 1.165) is 0 Å². The lowest BCUT2D eigenvalue weighted by Gasteiger charge is -2.04. The Morgan fingerprint density at radius 1 is 1.44 bits per heavy atom. The smallest absolute Gasteiger partial charge is 0.330 e. The summed E-state index contributed by atoms with van der Waals surface area (Å²) in [7, 11) is 3.23. The summed E-state index contributed by atoms with van der Waals surface area (Å²) in [6.07, 6.45) is 0. The number of methoxy groups -OCH3 is 1. The Balaban J connectivity index is 2.77. The van der Waals surface area contributed by atoms with E-state index in [4.69, 9.17) is 16.3 Å². The largest absolute Gasteiger partial charge is 0.383 e. The topological polar surface area (TPSA) is 81.9 Å². The first-order chi connectivity index (χ1) is 8.60. The molecule has 0 unspecified atom stereocenters. The fraction of sp³-hybridized carbons (Fsp3) is 0.500. The maximum atomic E-state index is 11.8. The van der Waals surface area contributed by atoms with Gasteiger partial charge in [-0.1, -0.05) is 0 Å². The Kier molecular flexibility index (Phi) is 3.53. The Bertz CT molecular complexity index is 685. The van der Waals surface area contributed by atoms with E-state index < -0.39 is 11.2 Å². The minimum Gasteiger partial charge on any atom is -0.383 e. The summed E-state index contributed by atoms with van der Waals surface area (Å²) in [6.45, 7) is 0.676. The van der Waals surface area contributed by atoms with Crippen LogP contribution in [0.3, 0.4) is 0 Å². The van der Waals surface area contributed by atoms with E-state index >= 15 is 0 Å². The fourth-order valence-electron chi connectivity index (χ4n) is 1.80. The molecular weight excluding hydrogens is 260 g/mol. The quantitative estimate of drug-likeness (QED) is 0.782. The average molecular weight is 273 g/mol. The van der Waals surface area contributed by atoms with Crippen molar-refractivity contribution in [3.63, 3.8) is 0 Å². The molecule has 0 amide bonds. The van der Waals surface area contributed by atoms with Gasteiger partial charge in [-0.25, -0.2) is 9.78 Å². The van der Waals surface area contributed by atoms with Crippen molar-refractivity contribution in [2.24, 2.45) is 7.05 Å². The summed E-state index contributed by atoms with van der Waals surface area (Å²) in [5, 5.41) is 0. The molecule has 0 aromatic carbocycles. The van der Waals surface area contributed by atoms with Gasteiger partial charge in [0.15, 0.2) is 11.2 Å². The first-order valence-electron chi connectivity index (χ1n) is 5.33. The molecule has 18 heavy (non-hydrogen) atoms. The Labute approximate surface area is 107 Å². The van der Waals surface area contributed by atoms with E-state index in [1.165, 1.54) is 11.7 Å². The molecule has 2 aromatic heterocycles. The minimum absolute atomic E-state index is 0.170. The van der Waals surface area contributed by atoms with Crippen LogP contribution in [0.5, 0.6) is 0 Å². The average Bonchev–Trinajstić information content (AvgIpc) is 2.66. The lowest BCUT2D eigenvalue weighted by atomic mass is 10.5. The second-order valence-corrected chi connectivity index (χ2v) is 4.06. The SMILES string of the molecule is COCCn1c(=O)[nH]c(=O)c2c1nc(CCl)n2C. The van der Waals surface area contributed by atoms with Crippen LogP contribution in [-0.4, -0.2) is 32.8 Å². The molecule has 0 radical (unpaired) electrons. The van der Waals surface area contributed by atoms with E-state index in [9.17, 15) is 9.59 Å². The number of nitrogens with one attached hydrogen (secondary N) is 1. The third-order valence-electron chi connectivity index (χ3n) is 2.74. The standard InChI is InChI=1S/C10H13ClN4O3/c1-14-6(5-11)12-8-7(14)9(16)13-10(17)15(8)3-4-18-2/h3-5H2,1-2H3,(H,13,16,17). The molecule has 2 rings (SSSR count). The molecule has 0 aliphatic carbocycles. The number of aromatic amines is 1. The molecule has 0 saturated heterocycles. The van der Waals surface area contributed by atoms with Crippen molar-refractivity contribution in [1.29, 1.82) is 0 Å². The molecule has 0 saturated carbocycles. The van der Waals surface area contributed by atoms with Gasteiger partial charge in [0.2, 0.25) is 0 Å². The van der Waals surface area contributed by atoms with Gasteiger partial charge >= 0.3 is 5.69 Å². The van der Waals surface area contributed by atoms with Crippen LogP contribution in [0, 0.1) is 0 Å². The van der Waals surface area contributed by atoms with E-state index in [2.05, 4.69) is 9.97 Å². The number of aryl methyl sites for hydroxylation is 1. The minimum atomic E-state index is -0.497. The predicted octanol–water partition coefficient (Wildman–Crippen LogP) is -0.192. The number of alkyl halides is 1. The molecule has 0 spiro atoms. The van der Waals surface area contributed by atoms with Gasteiger partial charge in [-0.15, -0.1) is 11.6 Å². The number of hydrogen-bond acceptors (Lipinski definition) is 4. The summed E-state index contributed by atoms with van der Waals surface area (Å²) in [5.74, 6) is 0.706. The summed E-state index contributed by atoms with van der Waals surface area (Å²) in [5.41, 5.74) is -0.292. The Morgan fingerprint density at radius 2 is 2.17 bits per heavy atom. The van der Waals surface area contributed by atoms with Crippen LogP contribution in [0.4, 0.5) is 0 Å². The first-order valence-corrected chi connectivity index (χ1v) is 5.87. The zero-order valence-electron chi connectivity index (χ0n) is 10.1. The van der Waals surface area contributed by atoms with Crippen molar-refractivity contribution in [1.82, 2.24) is 19.1 Å². The summed E-state index contributed by atoms with van der Waals surface area (Å²) >= 11 is 5.74. The Hall–Kier alpha value is -1.60. The lowest BCUT2D eigenvalue weighted by Crippen LogP contribution is -2.32. The number of hydrogen-bond donors (Lipinski definition) is 1. The van der Waals surface area contributed by atoms with Crippen molar-refractivity contribution in [3.8, 4) is 0 Å². The number of ether oxygens (including phenoxy) is 1. The number of imidazole rings is 1. The van der Waals surface area contributed by atoms with E-state index in [1.54, 1.807) is 11.6 Å². The Morgan fingerprint density at radius 3 is 2.78 bits per heavy atom. The lowest BCUT2D eigenvalue weighted by molar-refractivity contribution is 0.187. The molecule has 8 heteroatoms. The van der Waals surface area contributed by atoms with Gasteiger partial charge in [0.25, 0.3) is 5.56 Å². The normalized spacial score (nSPS) is 11.3.